The Kier molecular flexibility index (Phi) is 4.60. The molecule has 0 unspecified atom stereocenters. The zero-order chi connectivity index (χ0) is 21.7. The summed E-state index contributed by atoms with van der Waals surface area (Å²) >= 11 is 0. The zero-order valence-electron chi connectivity index (χ0n) is 18.4. The number of rotatable bonds is 3. The van der Waals surface area contributed by atoms with Crippen molar-refractivity contribution in [1.82, 2.24) is 34.2 Å². The molecular weight excluding hydrogens is 404 g/mol. The van der Waals surface area contributed by atoms with Crippen molar-refractivity contribution in [2.24, 2.45) is 12.5 Å². The van der Waals surface area contributed by atoms with Crippen LogP contribution >= 0.6 is 0 Å². The number of likely N-dealkylation sites (tertiary alicyclic amines) is 1. The van der Waals surface area contributed by atoms with E-state index in [0.29, 0.717) is 12.5 Å². The fourth-order valence-corrected chi connectivity index (χ4v) is 5.55. The molecular formula is C23H28N8O. The average molecular weight is 433 g/mol. The Hall–Kier alpha value is -3.07. The van der Waals surface area contributed by atoms with Crippen LogP contribution in [0.4, 0.5) is 5.95 Å². The van der Waals surface area contributed by atoms with Crippen LogP contribution in [0.1, 0.15) is 35.5 Å². The van der Waals surface area contributed by atoms with Crippen molar-refractivity contribution in [3.8, 4) is 0 Å². The first kappa shape index (κ1) is 19.6. The molecule has 1 fully saturated rings. The second kappa shape index (κ2) is 7.51. The highest BCUT2D eigenvalue weighted by Crippen LogP contribution is 2.41. The molecule has 6 heterocycles. The smallest absolute Gasteiger partial charge is 0.258 e. The van der Waals surface area contributed by atoms with Crippen molar-refractivity contribution in [3.05, 3.63) is 63.9 Å². The number of piperidine rings is 1. The number of nitrogens with zero attached hydrogens (tertiary/aromatic N) is 8. The molecule has 0 amide bonds. The van der Waals surface area contributed by atoms with Gasteiger partial charge >= 0.3 is 0 Å². The minimum Gasteiger partial charge on any atom is -0.336 e. The molecule has 166 valence electrons. The van der Waals surface area contributed by atoms with Gasteiger partial charge in [-0.15, -0.1) is 0 Å². The summed E-state index contributed by atoms with van der Waals surface area (Å²) in [6, 6.07) is 1.81. The number of fused-ring (bicyclic) bond motifs is 2. The summed E-state index contributed by atoms with van der Waals surface area (Å²) in [7, 11) is 1.96. The Balaban J connectivity index is 1.18. The lowest BCUT2D eigenvalue weighted by molar-refractivity contribution is 0.0978. The van der Waals surface area contributed by atoms with Crippen LogP contribution in [-0.2, 0) is 39.5 Å². The summed E-state index contributed by atoms with van der Waals surface area (Å²) in [5, 5.41) is 4.28. The highest BCUT2D eigenvalue weighted by atomic mass is 16.1. The van der Waals surface area contributed by atoms with Gasteiger partial charge < -0.3 is 4.90 Å². The highest BCUT2D eigenvalue weighted by Gasteiger charge is 2.42. The fourth-order valence-electron chi connectivity index (χ4n) is 5.55. The zero-order valence-corrected chi connectivity index (χ0v) is 18.4. The van der Waals surface area contributed by atoms with Crippen molar-refractivity contribution in [2.45, 2.75) is 45.3 Å². The number of aromatic nitrogens is 6. The van der Waals surface area contributed by atoms with Gasteiger partial charge in [0, 0.05) is 63.7 Å². The molecule has 0 saturated carbocycles. The Morgan fingerprint density at radius 3 is 2.69 bits per heavy atom. The van der Waals surface area contributed by atoms with Gasteiger partial charge in [0.2, 0.25) is 5.95 Å². The molecule has 3 aliphatic rings. The molecule has 0 atom stereocenters. The van der Waals surface area contributed by atoms with Crippen molar-refractivity contribution in [3.63, 3.8) is 0 Å². The molecule has 32 heavy (non-hydrogen) atoms. The maximum atomic E-state index is 13.5. The molecule has 1 spiro atoms. The molecule has 0 radical (unpaired) electrons. The highest BCUT2D eigenvalue weighted by molar-refractivity contribution is 5.36. The van der Waals surface area contributed by atoms with Gasteiger partial charge in [0.1, 0.15) is 5.82 Å². The first-order chi connectivity index (χ1) is 15.6. The second-order valence-corrected chi connectivity index (χ2v) is 9.54. The van der Waals surface area contributed by atoms with Crippen LogP contribution in [0.25, 0.3) is 0 Å². The summed E-state index contributed by atoms with van der Waals surface area (Å²) in [6.07, 6.45) is 11.4. The van der Waals surface area contributed by atoms with Crippen LogP contribution in [0.15, 0.2) is 35.6 Å². The molecule has 3 aliphatic heterocycles. The molecule has 0 aliphatic carbocycles. The largest absolute Gasteiger partial charge is 0.336 e. The van der Waals surface area contributed by atoms with E-state index in [1.165, 1.54) is 5.56 Å². The molecule has 0 bridgehead atoms. The molecule has 3 aromatic heterocycles. The minimum atomic E-state index is 0.139. The van der Waals surface area contributed by atoms with Gasteiger partial charge in [-0.3, -0.25) is 18.9 Å². The van der Waals surface area contributed by atoms with E-state index >= 15 is 0 Å². The summed E-state index contributed by atoms with van der Waals surface area (Å²) in [5.41, 5.74) is 3.35. The lowest BCUT2D eigenvalue weighted by Gasteiger charge is -2.38. The average Bonchev–Trinajstić information content (AvgIpc) is 3.39. The van der Waals surface area contributed by atoms with Crippen LogP contribution in [-0.4, -0.2) is 53.8 Å². The molecule has 0 aromatic carbocycles. The molecule has 6 rings (SSSR count). The predicted octanol–water partition coefficient (Wildman–Crippen LogP) is 1.17. The Morgan fingerprint density at radius 1 is 1.12 bits per heavy atom. The summed E-state index contributed by atoms with van der Waals surface area (Å²) in [5.74, 6) is 1.67. The lowest BCUT2D eigenvalue weighted by atomic mass is 9.77. The molecule has 3 aromatic rings. The number of hydrogen-bond acceptors (Lipinski definition) is 7. The number of hydrogen-bond donors (Lipinski definition) is 0. The van der Waals surface area contributed by atoms with Crippen molar-refractivity contribution >= 4 is 5.95 Å². The quantitative estimate of drug-likeness (QED) is 0.614. The van der Waals surface area contributed by atoms with Crippen molar-refractivity contribution in [2.75, 3.05) is 24.5 Å². The van der Waals surface area contributed by atoms with Crippen LogP contribution in [0.2, 0.25) is 0 Å². The second-order valence-electron chi connectivity index (χ2n) is 9.54. The van der Waals surface area contributed by atoms with Gasteiger partial charge in [0.15, 0.2) is 0 Å². The summed E-state index contributed by atoms with van der Waals surface area (Å²) < 4.78 is 3.82. The minimum absolute atomic E-state index is 0.139. The van der Waals surface area contributed by atoms with Crippen LogP contribution in [0.5, 0.6) is 0 Å². The number of aryl methyl sites for hydroxylation is 1. The van der Waals surface area contributed by atoms with E-state index in [4.69, 9.17) is 4.98 Å². The van der Waals surface area contributed by atoms with E-state index in [1.807, 2.05) is 28.6 Å². The third-order valence-electron chi connectivity index (χ3n) is 7.34. The van der Waals surface area contributed by atoms with E-state index in [1.54, 1.807) is 12.4 Å². The van der Waals surface area contributed by atoms with E-state index in [0.717, 1.165) is 75.5 Å². The van der Waals surface area contributed by atoms with Gasteiger partial charge in [-0.05, 0) is 37.4 Å². The van der Waals surface area contributed by atoms with E-state index in [2.05, 4.69) is 31.1 Å². The Labute approximate surface area is 186 Å². The molecule has 9 heteroatoms. The van der Waals surface area contributed by atoms with Crippen molar-refractivity contribution in [1.29, 1.82) is 0 Å². The van der Waals surface area contributed by atoms with Crippen molar-refractivity contribution < 1.29 is 0 Å². The van der Waals surface area contributed by atoms with Crippen LogP contribution in [0, 0.1) is 5.41 Å². The Morgan fingerprint density at radius 2 is 1.94 bits per heavy atom. The third-order valence-corrected chi connectivity index (χ3v) is 7.34. The monoisotopic (exact) mass is 432 g/mol. The number of anilines is 1. The molecule has 0 N–H and O–H groups in total. The van der Waals surface area contributed by atoms with Gasteiger partial charge in [0.25, 0.3) is 5.56 Å². The van der Waals surface area contributed by atoms with Crippen LogP contribution < -0.4 is 10.5 Å². The summed E-state index contributed by atoms with van der Waals surface area (Å²) in [6.45, 7) is 5.18. The maximum absolute atomic E-state index is 13.5. The third kappa shape index (κ3) is 3.40. The standard InChI is InChI=1S/C23H28N8O/c1-28-13-17(12-26-28)14-29-9-4-23(5-10-29)11-20-27-19-3-8-30(22-24-6-2-7-25-22)15-18(19)21(32)31(20)16-23/h2,6-7,12-13H,3-5,8-11,14-16H2,1H3. The van der Waals surface area contributed by atoms with Crippen LogP contribution in [0.3, 0.4) is 0 Å². The maximum Gasteiger partial charge on any atom is 0.258 e. The fraction of sp³-hybridized carbons (Fsp3) is 0.522. The molecule has 1 saturated heterocycles. The summed E-state index contributed by atoms with van der Waals surface area (Å²) in [4.78, 5) is 31.8. The topological polar surface area (TPSA) is 85.0 Å². The van der Waals surface area contributed by atoms with E-state index in [-0.39, 0.29) is 11.0 Å². The first-order valence-corrected chi connectivity index (χ1v) is 11.4. The lowest BCUT2D eigenvalue weighted by Crippen LogP contribution is -2.41. The van der Waals surface area contributed by atoms with Gasteiger partial charge in [0.05, 0.1) is 24.0 Å². The van der Waals surface area contributed by atoms with E-state index in [9.17, 15) is 4.79 Å². The van der Waals surface area contributed by atoms with Gasteiger partial charge in [-0.1, -0.05) is 0 Å². The van der Waals surface area contributed by atoms with E-state index < -0.39 is 0 Å². The van der Waals surface area contributed by atoms with Gasteiger partial charge in [-0.2, -0.15) is 5.10 Å². The SMILES string of the molecule is Cn1cc(CN2CCC3(CC2)Cc2nc4c(c(=O)n2C3)CN(c2ncccn2)CC4)cn1. The molecule has 9 nitrogen and oxygen atoms in total. The van der Waals surface area contributed by atoms with Gasteiger partial charge in [-0.25, -0.2) is 15.0 Å². The Bertz CT molecular complexity index is 1190. The predicted molar refractivity (Wildman–Crippen MR) is 119 cm³/mol. The first-order valence-electron chi connectivity index (χ1n) is 11.4. The normalized spacial score (nSPS) is 19.8.